The molecule has 2 amide bonds. The minimum absolute atomic E-state index is 0.172. The minimum Gasteiger partial charge on any atom is -0.394 e. The summed E-state index contributed by atoms with van der Waals surface area (Å²) in [6, 6.07) is 5.15. The summed E-state index contributed by atoms with van der Waals surface area (Å²) in [6.07, 6.45) is 0. The van der Waals surface area contributed by atoms with E-state index in [1.165, 1.54) is 16.7 Å². The lowest BCUT2D eigenvalue weighted by molar-refractivity contribution is -0.154. The second kappa shape index (κ2) is 6.29. The molecule has 2 fully saturated rings. The van der Waals surface area contributed by atoms with Crippen LogP contribution >= 0.6 is 0 Å². The van der Waals surface area contributed by atoms with Crippen LogP contribution in [0, 0.1) is 13.8 Å². The fraction of sp³-hybridized carbons (Fsp3) is 0.529. The van der Waals surface area contributed by atoms with Gasteiger partial charge < -0.3 is 15.3 Å². The van der Waals surface area contributed by atoms with Gasteiger partial charge in [0.05, 0.1) is 6.61 Å². The van der Waals surface area contributed by atoms with Crippen LogP contribution in [0.25, 0.3) is 0 Å². The first-order chi connectivity index (χ1) is 11.0. The van der Waals surface area contributed by atoms with E-state index in [9.17, 15) is 14.7 Å². The van der Waals surface area contributed by atoms with Crippen LogP contribution in [-0.4, -0.2) is 65.0 Å². The zero-order chi connectivity index (χ0) is 16.6. The van der Waals surface area contributed by atoms with Crippen molar-refractivity contribution >= 4 is 11.8 Å². The van der Waals surface area contributed by atoms with Crippen LogP contribution in [0.15, 0.2) is 18.2 Å². The Balaban J connectivity index is 1.71. The number of nitrogens with zero attached hydrogens (tertiary/aromatic N) is 2. The number of benzene rings is 1. The molecule has 23 heavy (non-hydrogen) atoms. The number of carbonyl (C=O) groups is 2. The molecule has 1 aromatic carbocycles. The fourth-order valence-electron chi connectivity index (χ4n) is 3.34. The lowest BCUT2D eigenvalue weighted by atomic mass is 10.0. The van der Waals surface area contributed by atoms with Crippen molar-refractivity contribution in [1.29, 1.82) is 0 Å². The monoisotopic (exact) mass is 317 g/mol. The Morgan fingerprint density at radius 3 is 2.78 bits per heavy atom. The molecular weight excluding hydrogens is 294 g/mol. The molecule has 0 saturated carbocycles. The van der Waals surface area contributed by atoms with E-state index in [2.05, 4.69) is 42.3 Å². The molecule has 2 aliphatic heterocycles. The van der Waals surface area contributed by atoms with Gasteiger partial charge in [-0.2, -0.15) is 0 Å². The lowest BCUT2D eigenvalue weighted by Crippen LogP contribution is -2.69. The number of piperazine rings is 2. The van der Waals surface area contributed by atoms with Crippen molar-refractivity contribution in [2.24, 2.45) is 0 Å². The van der Waals surface area contributed by atoms with Gasteiger partial charge in [-0.1, -0.05) is 23.8 Å². The Labute approximate surface area is 136 Å². The summed E-state index contributed by atoms with van der Waals surface area (Å²) in [6.45, 7) is 6.39. The third-order valence-corrected chi connectivity index (χ3v) is 4.75. The predicted molar refractivity (Wildman–Crippen MR) is 85.7 cm³/mol. The molecule has 0 spiro atoms. The molecule has 0 aromatic heterocycles. The molecule has 2 aliphatic rings. The molecule has 0 aliphatic carbocycles. The largest absolute Gasteiger partial charge is 0.394 e. The SMILES string of the molecule is Cc1ccc(C)c(CN2CCN3C(=O)[C@@H](CO)NC(=O)[C@H]3C2)c1. The van der Waals surface area contributed by atoms with Gasteiger partial charge in [0.2, 0.25) is 11.8 Å². The summed E-state index contributed by atoms with van der Waals surface area (Å²) < 4.78 is 0. The van der Waals surface area contributed by atoms with E-state index < -0.39 is 12.1 Å². The number of aliphatic hydroxyl groups is 1. The maximum atomic E-state index is 12.2. The zero-order valence-corrected chi connectivity index (χ0v) is 13.6. The van der Waals surface area contributed by atoms with Crippen LogP contribution < -0.4 is 5.32 Å². The standard InChI is InChI=1S/C17H23N3O3/c1-11-3-4-12(2)13(7-11)8-19-5-6-20-15(9-19)16(22)18-14(10-21)17(20)23/h3-4,7,14-15,21H,5-6,8-10H2,1-2H3,(H,18,22)/t14-,15-/m1/s1. The molecule has 124 valence electrons. The van der Waals surface area contributed by atoms with E-state index in [-0.39, 0.29) is 18.4 Å². The van der Waals surface area contributed by atoms with Gasteiger partial charge in [0, 0.05) is 26.2 Å². The number of rotatable bonds is 3. The molecule has 2 N–H and O–H groups in total. The number of nitrogens with one attached hydrogen (secondary N) is 1. The van der Waals surface area contributed by atoms with Crippen molar-refractivity contribution in [3.63, 3.8) is 0 Å². The number of aryl methyl sites for hydroxylation is 2. The van der Waals surface area contributed by atoms with Crippen LogP contribution in [0.4, 0.5) is 0 Å². The van der Waals surface area contributed by atoms with Gasteiger partial charge >= 0.3 is 0 Å². The van der Waals surface area contributed by atoms with Crippen molar-refractivity contribution in [1.82, 2.24) is 15.1 Å². The van der Waals surface area contributed by atoms with E-state index in [0.717, 1.165) is 13.1 Å². The first-order valence-corrected chi connectivity index (χ1v) is 8.00. The summed E-state index contributed by atoms with van der Waals surface area (Å²) in [7, 11) is 0. The average molecular weight is 317 g/mol. The molecule has 0 bridgehead atoms. The van der Waals surface area contributed by atoms with E-state index >= 15 is 0 Å². The Kier molecular flexibility index (Phi) is 4.37. The van der Waals surface area contributed by atoms with Crippen molar-refractivity contribution in [2.45, 2.75) is 32.5 Å². The van der Waals surface area contributed by atoms with Crippen LogP contribution in [0.5, 0.6) is 0 Å². The van der Waals surface area contributed by atoms with Crippen LogP contribution in [0.1, 0.15) is 16.7 Å². The van der Waals surface area contributed by atoms with Gasteiger partial charge in [0.25, 0.3) is 0 Å². The van der Waals surface area contributed by atoms with Crippen molar-refractivity contribution < 1.29 is 14.7 Å². The molecule has 0 radical (unpaired) electrons. The quantitative estimate of drug-likeness (QED) is 0.810. The van der Waals surface area contributed by atoms with Crippen molar-refractivity contribution in [3.05, 3.63) is 34.9 Å². The normalized spacial score (nSPS) is 25.3. The third kappa shape index (κ3) is 3.09. The summed E-state index contributed by atoms with van der Waals surface area (Å²) in [5.41, 5.74) is 3.72. The van der Waals surface area contributed by atoms with E-state index in [1.807, 2.05) is 0 Å². The Hall–Kier alpha value is -1.92. The average Bonchev–Trinajstić information content (AvgIpc) is 2.54. The minimum atomic E-state index is -0.788. The molecule has 2 atom stereocenters. The molecule has 6 nitrogen and oxygen atoms in total. The summed E-state index contributed by atoms with van der Waals surface area (Å²) in [5.74, 6) is -0.349. The Morgan fingerprint density at radius 2 is 2.04 bits per heavy atom. The van der Waals surface area contributed by atoms with Gasteiger partial charge in [-0.25, -0.2) is 0 Å². The van der Waals surface area contributed by atoms with Gasteiger partial charge in [-0.15, -0.1) is 0 Å². The van der Waals surface area contributed by atoms with Gasteiger partial charge in [-0.05, 0) is 25.0 Å². The lowest BCUT2D eigenvalue weighted by Gasteiger charge is -2.45. The maximum Gasteiger partial charge on any atom is 0.248 e. The highest BCUT2D eigenvalue weighted by Gasteiger charge is 2.43. The zero-order valence-electron chi connectivity index (χ0n) is 13.6. The second-order valence-corrected chi connectivity index (χ2v) is 6.46. The van der Waals surface area contributed by atoms with E-state index in [1.54, 1.807) is 4.90 Å². The summed E-state index contributed by atoms with van der Waals surface area (Å²) in [4.78, 5) is 28.3. The number of aliphatic hydroxyl groups excluding tert-OH is 1. The van der Waals surface area contributed by atoms with E-state index in [4.69, 9.17) is 0 Å². The predicted octanol–water partition coefficient (Wildman–Crippen LogP) is -0.193. The third-order valence-electron chi connectivity index (χ3n) is 4.75. The van der Waals surface area contributed by atoms with Crippen LogP contribution in [0.2, 0.25) is 0 Å². The van der Waals surface area contributed by atoms with Crippen molar-refractivity contribution in [3.8, 4) is 0 Å². The molecule has 0 unspecified atom stereocenters. The second-order valence-electron chi connectivity index (χ2n) is 6.46. The first kappa shape index (κ1) is 16.0. The smallest absolute Gasteiger partial charge is 0.248 e. The molecular formula is C17H23N3O3. The topological polar surface area (TPSA) is 72.9 Å². The molecule has 6 heteroatoms. The van der Waals surface area contributed by atoms with Crippen LogP contribution in [0.3, 0.4) is 0 Å². The number of carbonyl (C=O) groups excluding carboxylic acids is 2. The summed E-state index contributed by atoms with van der Waals surface area (Å²) >= 11 is 0. The number of hydrogen-bond donors (Lipinski definition) is 2. The molecule has 2 saturated heterocycles. The number of hydrogen-bond acceptors (Lipinski definition) is 4. The highest BCUT2D eigenvalue weighted by molar-refractivity contribution is 5.97. The van der Waals surface area contributed by atoms with Gasteiger partial charge in [0.15, 0.2) is 0 Å². The van der Waals surface area contributed by atoms with Gasteiger partial charge in [-0.3, -0.25) is 14.5 Å². The van der Waals surface area contributed by atoms with Crippen molar-refractivity contribution in [2.75, 3.05) is 26.2 Å². The molecule has 2 heterocycles. The first-order valence-electron chi connectivity index (χ1n) is 8.00. The highest BCUT2D eigenvalue weighted by atomic mass is 16.3. The molecule has 1 aromatic rings. The maximum absolute atomic E-state index is 12.2. The number of fused-ring (bicyclic) bond motifs is 1. The summed E-state index contributed by atoms with van der Waals surface area (Å²) in [5, 5.41) is 11.8. The van der Waals surface area contributed by atoms with E-state index in [0.29, 0.717) is 13.1 Å². The Bertz CT molecular complexity index is 632. The Morgan fingerprint density at radius 1 is 1.26 bits per heavy atom. The highest BCUT2D eigenvalue weighted by Crippen LogP contribution is 2.19. The number of amides is 2. The fourth-order valence-corrected chi connectivity index (χ4v) is 3.34. The molecule has 3 rings (SSSR count). The van der Waals surface area contributed by atoms with Crippen LogP contribution in [-0.2, 0) is 16.1 Å². The van der Waals surface area contributed by atoms with Gasteiger partial charge in [0.1, 0.15) is 12.1 Å².